The maximum absolute atomic E-state index is 2.61. The van der Waals surface area contributed by atoms with Crippen molar-refractivity contribution in [1.82, 2.24) is 4.57 Å². The number of fused-ring (bicyclic) bond motifs is 10. The summed E-state index contributed by atoms with van der Waals surface area (Å²) in [5.74, 6) is 0. The second kappa shape index (κ2) is 20.0. The van der Waals surface area contributed by atoms with Gasteiger partial charge in [-0.15, -0.1) is 11.3 Å². The van der Waals surface area contributed by atoms with Crippen LogP contribution in [0.3, 0.4) is 0 Å². The lowest BCUT2D eigenvalue weighted by atomic mass is 9.33. The van der Waals surface area contributed by atoms with E-state index in [4.69, 9.17) is 0 Å². The Kier molecular flexibility index (Phi) is 12.5. The van der Waals surface area contributed by atoms with E-state index < -0.39 is 0 Å². The first-order valence-electron chi connectivity index (χ1n) is 30.9. The first kappa shape index (κ1) is 54.6. The molecule has 0 saturated carbocycles. The van der Waals surface area contributed by atoms with Crippen LogP contribution in [0, 0.1) is 20.8 Å². The average molecular weight is 1150 g/mol. The molecule has 0 fully saturated rings. The van der Waals surface area contributed by atoms with E-state index in [0.717, 1.165) is 28.4 Å². The lowest BCUT2D eigenvalue weighted by molar-refractivity contribution is 0.590. The minimum atomic E-state index is -0.0813. The molecule has 4 heterocycles. The van der Waals surface area contributed by atoms with Gasteiger partial charge in [-0.25, -0.2) is 0 Å². The van der Waals surface area contributed by atoms with Gasteiger partial charge in [0.15, 0.2) is 0 Å². The highest BCUT2D eigenvalue weighted by Gasteiger charge is 2.44. The number of hydrogen-bond donors (Lipinski definition) is 0. The zero-order valence-corrected chi connectivity index (χ0v) is 53.0. The zero-order valence-electron chi connectivity index (χ0n) is 52.1. The van der Waals surface area contributed by atoms with Gasteiger partial charge in [0, 0.05) is 87.8 Å². The van der Waals surface area contributed by atoms with Crippen molar-refractivity contribution in [3.63, 3.8) is 0 Å². The first-order chi connectivity index (χ1) is 41.8. The van der Waals surface area contributed by atoms with E-state index in [9.17, 15) is 0 Å². The topological polar surface area (TPSA) is 14.7 Å². The summed E-state index contributed by atoms with van der Waals surface area (Å²) in [5, 5.41) is 5.12. The molecule has 0 aliphatic carbocycles. The third-order valence-electron chi connectivity index (χ3n) is 18.7. The molecule has 0 saturated heterocycles. The summed E-state index contributed by atoms with van der Waals surface area (Å²) in [6.07, 6.45) is 0. The van der Waals surface area contributed by atoms with Crippen LogP contribution in [0.1, 0.15) is 95.7 Å². The van der Waals surface area contributed by atoms with E-state index in [2.05, 4.69) is 327 Å². The minimum Gasteiger partial charge on any atom is -0.311 e. The Labute approximate surface area is 517 Å². The van der Waals surface area contributed by atoms with Crippen molar-refractivity contribution in [2.45, 2.75) is 99.3 Å². The predicted octanol–water partition coefficient (Wildman–Crippen LogP) is 21.2. The van der Waals surface area contributed by atoms with Gasteiger partial charge < -0.3 is 19.3 Å². The van der Waals surface area contributed by atoms with Crippen molar-refractivity contribution in [3.8, 4) is 16.8 Å². The Hall–Kier alpha value is -9.10. The Balaban J connectivity index is 0.954. The minimum absolute atomic E-state index is 0.00544. The van der Waals surface area contributed by atoms with Gasteiger partial charge in [0.1, 0.15) is 0 Å². The molecule has 2 aromatic heterocycles. The molecular weight excluding hydrogens is 1070 g/mol. The number of aromatic nitrogens is 1. The maximum atomic E-state index is 2.61. The summed E-state index contributed by atoms with van der Waals surface area (Å²) in [5.41, 5.74) is 27.9. The van der Waals surface area contributed by atoms with E-state index in [0.29, 0.717) is 0 Å². The monoisotopic (exact) mass is 1140 g/mol. The molecule has 87 heavy (non-hydrogen) atoms. The molecule has 0 radical (unpaired) electrons. The van der Waals surface area contributed by atoms with Crippen LogP contribution in [0.25, 0.3) is 58.8 Å². The summed E-state index contributed by atoms with van der Waals surface area (Å²) in [6.45, 7) is 27.7. The largest absolute Gasteiger partial charge is 0.311 e. The number of thiophene rings is 1. The third-order valence-corrected chi connectivity index (χ3v) is 19.8. The molecule has 0 spiro atoms. The molecule has 426 valence electrons. The first-order valence-corrected chi connectivity index (χ1v) is 31.7. The van der Waals surface area contributed by atoms with Crippen LogP contribution in [0.4, 0.5) is 51.2 Å². The number of para-hydroxylation sites is 2. The summed E-state index contributed by atoms with van der Waals surface area (Å²) < 4.78 is 5.09. The Morgan fingerprint density at radius 3 is 1.56 bits per heavy atom. The normalized spacial score (nSPS) is 13.2. The van der Waals surface area contributed by atoms with Crippen molar-refractivity contribution < 1.29 is 0 Å². The van der Waals surface area contributed by atoms with Gasteiger partial charge in [-0.1, -0.05) is 178 Å². The summed E-state index contributed by atoms with van der Waals surface area (Å²) >= 11 is 1.89. The van der Waals surface area contributed by atoms with Crippen molar-refractivity contribution in [1.29, 1.82) is 0 Å². The second-order valence-electron chi connectivity index (χ2n) is 27.7. The molecule has 0 bridgehead atoms. The van der Waals surface area contributed by atoms with Crippen molar-refractivity contribution in [3.05, 3.63) is 258 Å². The summed E-state index contributed by atoms with van der Waals surface area (Å²) in [4.78, 5) is 7.68. The molecule has 4 nitrogen and oxygen atoms in total. The third kappa shape index (κ3) is 9.00. The fourth-order valence-corrected chi connectivity index (χ4v) is 15.5. The summed E-state index contributed by atoms with van der Waals surface area (Å²) in [7, 11) is 0. The van der Waals surface area contributed by atoms with Crippen LogP contribution in [-0.2, 0) is 16.2 Å². The van der Waals surface area contributed by atoms with Crippen LogP contribution in [0.5, 0.6) is 0 Å². The summed E-state index contributed by atoms with van der Waals surface area (Å²) in [6, 6.07) is 85.8. The van der Waals surface area contributed by atoms with Gasteiger partial charge in [-0.3, -0.25) is 0 Å². The molecule has 11 aromatic carbocycles. The molecule has 2 aliphatic rings. The highest BCUT2D eigenvalue weighted by Crippen LogP contribution is 2.50. The SMILES string of the molecule is Cc1cc2c3c(c1)N(c1cc(C)c(-c4ccc5c(c4)sc4ccccc45)c(C)c1)c1cc(C(C)(C)C)ccc1B3c1ccc(N(c3ccc(C(C)(C)C)cc3)c3ccc4c5ccccc5n(-c5ccccc5)c4c3)cc1N2c1ccc(C(C)(C)C)cc1. The lowest BCUT2D eigenvalue weighted by Gasteiger charge is -2.45. The van der Waals surface area contributed by atoms with E-state index in [1.54, 1.807) is 0 Å². The highest BCUT2D eigenvalue weighted by molar-refractivity contribution is 7.25. The standard InChI is InChI=1S/C81H73BN4S/c1-50-42-73-78-74(43-50)86(62-44-51(2)77(52(3)45-62)53-26-38-66-65-23-17-19-25-75(65)87-76(66)46-53)71-47-56(81(10,11)12)31-40-67(71)82(78)68-41-37-61(49-72(68)85(73)59-34-29-55(30-35-59)80(7,8)9)83(58-32-27-54(28-33-58)79(4,5)6)60-36-39-64-63-22-16-18-24-69(63)84(70(64)48-60)57-20-14-13-15-21-57/h13-49H,1-12H3. The van der Waals surface area contributed by atoms with Crippen LogP contribution in [0.2, 0.25) is 0 Å². The maximum Gasteiger partial charge on any atom is 0.252 e. The Morgan fingerprint density at radius 1 is 0.368 bits per heavy atom. The molecule has 0 N–H and O–H groups in total. The van der Waals surface area contributed by atoms with Crippen molar-refractivity contribution in [2.24, 2.45) is 0 Å². The molecule has 2 aliphatic heterocycles. The zero-order chi connectivity index (χ0) is 60.0. The molecular formula is C81H73BN4S. The molecule has 6 heteroatoms. The van der Waals surface area contributed by atoms with Gasteiger partial charge in [-0.05, 0) is 207 Å². The van der Waals surface area contributed by atoms with Gasteiger partial charge in [0.05, 0.1) is 11.0 Å². The van der Waals surface area contributed by atoms with Crippen LogP contribution in [-0.4, -0.2) is 11.3 Å². The van der Waals surface area contributed by atoms with E-state index in [-0.39, 0.29) is 23.0 Å². The fraction of sp³-hybridized carbons (Fsp3) is 0.185. The van der Waals surface area contributed by atoms with E-state index in [1.807, 2.05) is 11.3 Å². The Morgan fingerprint density at radius 2 is 0.885 bits per heavy atom. The Bertz CT molecular complexity index is 4890. The number of anilines is 9. The quantitative estimate of drug-likeness (QED) is 0.148. The van der Waals surface area contributed by atoms with Crippen molar-refractivity contribution in [2.75, 3.05) is 14.7 Å². The molecule has 13 aromatic rings. The number of benzene rings is 11. The highest BCUT2D eigenvalue weighted by atomic mass is 32.1. The number of hydrogen-bond acceptors (Lipinski definition) is 4. The molecule has 0 amide bonds. The molecule has 0 atom stereocenters. The average Bonchev–Trinajstić information content (AvgIpc) is 1.42. The van der Waals surface area contributed by atoms with Crippen LogP contribution < -0.4 is 31.1 Å². The predicted molar refractivity (Wildman–Crippen MR) is 378 cm³/mol. The van der Waals surface area contributed by atoms with E-state index >= 15 is 0 Å². The molecule has 0 unspecified atom stereocenters. The van der Waals surface area contributed by atoms with Crippen LogP contribution in [0.15, 0.2) is 224 Å². The molecule has 15 rings (SSSR count). The number of nitrogens with zero attached hydrogens (tertiary/aromatic N) is 4. The second-order valence-corrected chi connectivity index (χ2v) is 28.8. The van der Waals surface area contributed by atoms with Gasteiger partial charge in [0.25, 0.3) is 6.71 Å². The fourth-order valence-electron chi connectivity index (χ4n) is 14.3. The van der Waals surface area contributed by atoms with Crippen LogP contribution >= 0.6 is 11.3 Å². The smallest absolute Gasteiger partial charge is 0.252 e. The number of aryl methyl sites for hydroxylation is 3. The van der Waals surface area contributed by atoms with Gasteiger partial charge in [0.2, 0.25) is 0 Å². The lowest BCUT2D eigenvalue weighted by Crippen LogP contribution is -2.61. The van der Waals surface area contributed by atoms with E-state index in [1.165, 1.54) is 131 Å². The van der Waals surface area contributed by atoms with Crippen molar-refractivity contribution >= 4 is 128 Å². The van der Waals surface area contributed by atoms with Gasteiger partial charge in [-0.2, -0.15) is 0 Å². The number of rotatable bonds is 7. The van der Waals surface area contributed by atoms with Gasteiger partial charge >= 0.3 is 0 Å².